The molecule has 0 spiro atoms. The van der Waals surface area contributed by atoms with Crippen molar-refractivity contribution in [2.24, 2.45) is 5.73 Å². The van der Waals surface area contributed by atoms with Crippen molar-refractivity contribution < 1.29 is 8.42 Å². The van der Waals surface area contributed by atoms with Gasteiger partial charge in [0, 0.05) is 19.6 Å². The number of hydrogen-bond donors (Lipinski definition) is 2. The van der Waals surface area contributed by atoms with Crippen LogP contribution in [0.25, 0.3) is 0 Å². The lowest BCUT2D eigenvalue weighted by atomic mass is 10.4. The van der Waals surface area contributed by atoms with E-state index in [4.69, 9.17) is 5.73 Å². The van der Waals surface area contributed by atoms with Crippen molar-refractivity contribution in [3.05, 3.63) is 17.0 Å². The van der Waals surface area contributed by atoms with Gasteiger partial charge in [-0.15, -0.1) is 11.3 Å². The number of sulfonamides is 1. The zero-order valence-corrected chi connectivity index (χ0v) is 11.9. The molecule has 1 aliphatic rings. The molecule has 1 aromatic heterocycles. The first-order chi connectivity index (χ1) is 8.62. The van der Waals surface area contributed by atoms with Crippen molar-refractivity contribution in [1.82, 2.24) is 9.62 Å². The van der Waals surface area contributed by atoms with Gasteiger partial charge in [0.1, 0.15) is 4.21 Å². The van der Waals surface area contributed by atoms with Crippen molar-refractivity contribution in [3.63, 3.8) is 0 Å². The third kappa shape index (κ3) is 3.52. The summed E-state index contributed by atoms with van der Waals surface area (Å²) in [6, 6.07) is 1.64. The van der Waals surface area contributed by atoms with Gasteiger partial charge in [0.15, 0.2) is 0 Å². The minimum absolute atomic E-state index is 0.351. The second-order valence-electron chi connectivity index (χ2n) is 4.42. The molecule has 102 valence electrons. The molecule has 0 aromatic carbocycles. The number of thiophene rings is 1. The largest absolute Gasteiger partial charge is 0.326 e. The van der Waals surface area contributed by atoms with Gasteiger partial charge < -0.3 is 10.6 Å². The minimum atomic E-state index is -3.35. The van der Waals surface area contributed by atoms with Crippen molar-refractivity contribution in [2.75, 3.05) is 26.2 Å². The summed E-state index contributed by atoms with van der Waals surface area (Å²) in [6.45, 7) is 3.79. The molecule has 1 saturated heterocycles. The molecule has 5 nitrogen and oxygen atoms in total. The molecule has 1 aliphatic heterocycles. The Morgan fingerprint density at radius 3 is 2.72 bits per heavy atom. The smallest absolute Gasteiger partial charge is 0.250 e. The molecule has 0 radical (unpaired) electrons. The van der Waals surface area contributed by atoms with E-state index < -0.39 is 10.0 Å². The molecule has 3 N–H and O–H groups in total. The van der Waals surface area contributed by atoms with Crippen LogP contribution in [-0.4, -0.2) is 39.5 Å². The molecule has 2 heterocycles. The fourth-order valence-electron chi connectivity index (χ4n) is 2.02. The van der Waals surface area contributed by atoms with Crippen LogP contribution in [0.4, 0.5) is 0 Å². The molecule has 0 amide bonds. The van der Waals surface area contributed by atoms with E-state index in [1.54, 1.807) is 11.4 Å². The number of hydrogen-bond acceptors (Lipinski definition) is 5. The van der Waals surface area contributed by atoms with Crippen LogP contribution < -0.4 is 10.5 Å². The zero-order valence-electron chi connectivity index (χ0n) is 10.3. The lowest BCUT2D eigenvalue weighted by molar-refractivity contribution is 0.344. The van der Waals surface area contributed by atoms with Crippen LogP contribution in [0.1, 0.15) is 18.4 Å². The summed E-state index contributed by atoms with van der Waals surface area (Å²) in [4.78, 5) is 2.28. The van der Waals surface area contributed by atoms with Gasteiger partial charge in [0.25, 0.3) is 0 Å². The average Bonchev–Trinajstić information content (AvgIpc) is 2.99. The number of nitrogens with zero attached hydrogens (tertiary/aromatic N) is 1. The third-order valence-electron chi connectivity index (χ3n) is 3.05. The summed E-state index contributed by atoms with van der Waals surface area (Å²) in [5.41, 5.74) is 6.34. The fraction of sp³-hybridized carbons (Fsp3) is 0.636. The van der Waals surface area contributed by atoms with E-state index in [0.29, 0.717) is 17.3 Å². The van der Waals surface area contributed by atoms with Crippen LogP contribution in [-0.2, 0) is 16.6 Å². The second-order valence-corrected chi connectivity index (χ2v) is 7.33. The maximum absolute atomic E-state index is 12.0. The van der Waals surface area contributed by atoms with Gasteiger partial charge in [-0.1, -0.05) is 0 Å². The van der Waals surface area contributed by atoms with E-state index in [1.807, 2.05) is 0 Å². The first-order valence-corrected chi connectivity index (χ1v) is 8.47. The van der Waals surface area contributed by atoms with Crippen molar-refractivity contribution in [3.8, 4) is 0 Å². The Hall–Kier alpha value is -0.470. The normalized spacial score (nSPS) is 17.4. The quantitative estimate of drug-likeness (QED) is 0.803. The Kier molecular flexibility index (Phi) is 4.74. The van der Waals surface area contributed by atoms with Crippen molar-refractivity contribution in [1.29, 1.82) is 0 Å². The average molecular weight is 289 g/mol. The van der Waals surface area contributed by atoms with Crippen LogP contribution in [0.3, 0.4) is 0 Å². The highest BCUT2D eigenvalue weighted by molar-refractivity contribution is 7.91. The highest BCUT2D eigenvalue weighted by Gasteiger charge is 2.17. The molecule has 0 atom stereocenters. The highest BCUT2D eigenvalue weighted by Crippen LogP contribution is 2.19. The predicted molar refractivity (Wildman–Crippen MR) is 73.1 cm³/mol. The maximum Gasteiger partial charge on any atom is 0.250 e. The Bertz CT molecular complexity index is 478. The first kappa shape index (κ1) is 14.0. The summed E-state index contributed by atoms with van der Waals surface area (Å²) < 4.78 is 26.9. The Labute approximate surface area is 112 Å². The molecule has 1 aromatic rings. The fourth-order valence-corrected chi connectivity index (χ4v) is 4.30. The lowest BCUT2D eigenvalue weighted by Gasteiger charge is -2.14. The van der Waals surface area contributed by atoms with E-state index in [2.05, 4.69) is 9.62 Å². The van der Waals surface area contributed by atoms with Crippen LogP contribution in [0.2, 0.25) is 0 Å². The maximum atomic E-state index is 12.0. The van der Waals surface area contributed by atoms with Gasteiger partial charge in [-0.2, -0.15) is 0 Å². The second kappa shape index (κ2) is 6.12. The molecule has 2 rings (SSSR count). The van der Waals surface area contributed by atoms with E-state index in [0.717, 1.165) is 25.2 Å². The van der Waals surface area contributed by atoms with Gasteiger partial charge in [-0.25, -0.2) is 13.1 Å². The number of rotatable bonds is 6. The standard InChI is InChI=1S/C11H19N3O2S2/c12-8-10-7-11(17-9-10)18(15,16)13-3-6-14-4-1-2-5-14/h7,9,13H,1-6,8,12H2. The topological polar surface area (TPSA) is 75.4 Å². The zero-order chi connectivity index (χ0) is 13.0. The molecule has 7 heteroatoms. The summed E-state index contributed by atoms with van der Waals surface area (Å²) in [6.07, 6.45) is 2.44. The minimum Gasteiger partial charge on any atom is -0.326 e. The van der Waals surface area contributed by atoms with E-state index >= 15 is 0 Å². The number of likely N-dealkylation sites (tertiary alicyclic amines) is 1. The summed E-state index contributed by atoms with van der Waals surface area (Å²) in [5, 5.41) is 1.79. The van der Waals surface area contributed by atoms with Gasteiger partial charge in [-0.05, 0) is 42.9 Å². The molecule has 18 heavy (non-hydrogen) atoms. The van der Waals surface area contributed by atoms with Crippen LogP contribution in [0, 0.1) is 0 Å². The van der Waals surface area contributed by atoms with Gasteiger partial charge in [0.05, 0.1) is 0 Å². The molecular formula is C11H19N3O2S2. The van der Waals surface area contributed by atoms with Crippen LogP contribution >= 0.6 is 11.3 Å². The highest BCUT2D eigenvalue weighted by atomic mass is 32.2. The van der Waals surface area contributed by atoms with Crippen molar-refractivity contribution >= 4 is 21.4 Å². The van der Waals surface area contributed by atoms with E-state index in [1.165, 1.54) is 24.2 Å². The third-order valence-corrected chi connectivity index (χ3v) is 6.00. The molecule has 1 fully saturated rings. The Balaban J connectivity index is 1.86. The summed E-state index contributed by atoms with van der Waals surface area (Å²) in [7, 11) is -3.35. The van der Waals surface area contributed by atoms with Crippen LogP contribution in [0.5, 0.6) is 0 Å². The van der Waals surface area contributed by atoms with E-state index in [-0.39, 0.29) is 0 Å². The molecule has 0 unspecified atom stereocenters. The van der Waals surface area contributed by atoms with Crippen LogP contribution in [0.15, 0.2) is 15.7 Å². The van der Waals surface area contributed by atoms with Gasteiger partial charge in [0.2, 0.25) is 10.0 Å². The lowest BCUT2D eigenvalue weighted by Crippen LogP contribution is -2.33. The summed E-state index contributed by atoms with van der Waals surface area (Å²) >= 11 is 1.22. The summed E-state index contributed by atoms with van der Waals surface area (Å²) in [5.74, 6) is 0. The Morgan fingerprint density at radius 2 is 2.11 bits per heavy atom. The Morgan fingerprint density at radius 1 is 1.39 bits per heavy atom. The van der Waals surface area contributed by atoms with Gasteiger partial charge in [-0.3, -0.25) is 0 Å². The molecule has 0 aliphatic carbocycles. The molecule has 0 bridgehead atoms. The molecule has 0 saturated carbocycles. The number of nitrogens with one attached hydrogen (secondary N) is 1. The van der Waals surface area contributed by atoms with Gasteiger partial charge >= 0.3 is 0 Å². The SMILES string of the molecule is NCc1csc(S(=O)(=O)NCCN2CCCC2)c1. The predicted octanol–water partition coefficient (Wildman–Crippen LogP) is 0.581. The monoisotopic (exact) mass is 289 g/mol. The first-order valence-electron chi connectivity index (χ1n) is 6.11. The van der Waals surface area contributed by atoms with E-state index in [9.17, 15) is 8.42 Å². The molecular weight excluding hydrogens is 270 g/mol. The van der Waals surface area contributed by atoms with Crippen molar-refractivity contribution in [2.45, 2.75) is 23.6 Å². The number of nitrogens with two attached hydrogens (primary N) is 1.